The van der Waals surface area contributed by atoms with E-state index in [1.807, 2.05) is 35.6 Å². The molecule has 6 heteroatoms. The molecular formula is C48H25N3O2S. The van der Waals surface area contributed by atoms with Crippen LogP contribution in [-0.2, 0) is 0 Å². The number of furan rings is 2. The third kappa shape index (κ3) is 3.72. The van der Waals surface area contributed by atoms with Gasteiger partial charge in [-0.3, -0.25) is 4.90 Å². The van der Waals surface area contributed by atoms with E-state index in [1.54, 1.807) is 0 Å². The Morgan fingerprint density at radius 3 is 2.20 bits per heavy atom. The molecule has 0 unspecified atom stereocenters. The number of hydrogen-bond acceptors (Lipinski definition) is 6. The Bertz CT molecular complexity index is 3590. The highest BCUT2D eigenvalue weighted by molar-refractivity contribution is 7.26. The molecule has 54 heavy (non-hydrogen) atoms. The van der Waals surface area contributed by atoms with Gasteiger partial charge >= 0.3 is 0 Å². The third-order valence-corrected chi connectivity index (χ3v) is 12.3. The fraction of sp³-hybridized carbons (Fsp3) is 0. The summed E-state index contributed by atoms with van der Waals surface area (Å²) in [5.74, 6) is 1.32. The largest absolute Gasteiger partial charge is 0.456 e. The molecule has 0 radical (unpaired) electrons. The molecular weight excluding hydrogens is 683 g/mol. The van der Waals surface area contributed by atoms with Crippen molar-refractivity contribution in [3.63, 3.8) is 0 Å². The molecule has 0 spiro atoms. The van der Waals surface area contributed by atoms with Crippen LogP contribution in [0.5, 0.6) is 0 Å². The van der Waals surface area contributed by atoms with Gasteiger partial charge in [-0.2, -0.15) is 0 Å². The molecule has 0 saturated heterocycles. The van der Waals surface area contributed by atoms with Gasteiger partial charge in [-0.15, -0.1) is 11.3 Å². The molecule has 1 aliphatic heterocycles. The fourth-order valence-corrected chi connectivity index (χ4v) is 10.0. The molecule has 0 amide bonds. The summed E-state index contributed by atoms with van der Waals surface area (Å²) in [5, 5.41) is 10.3. The van der Waals surface area contributed by atoms with E-state index in [0.717, 1.165) is 71.7 Å². The number of hydrogen-bond donors (Lipinski definition) is 0. The van der Waals surface area contributed by atoms with E-state index in [0.29, 0.717) is 17.2 Å². The van der Waals surface area contributed by atoms with Crippen LogP contribution in [0.3, 0.4) is 0 Å². The van der Waals surface area contributed by atoms with Crippen LogP contribution in [0.1, 0.15) is 0 Å². The predicted molar refractivity (Wildman–Crippen MR) is 224 cm³/mol. The Labute approximate surface area is 310 Å². The second-order valence-corrected chi connectivity index (χ2v) is 15.2. The number of benzene rings is 8. The number of nitrogens with zero attached hydrogens (tertiary/aromatic N) is 3. The first-order valence-electron chi connectivity index (χ1n) is 18.1. The molecule has 0 N–H and O–H groups in total. The van der Waals surface area contributed by atoms with Gasteiger partial charge in [0.15, 0.2) is 17.2 Å². The van der Waals surface area contributed by atoms with E-state index in [2.05, 4.69) is 132 Å². The van der Waals surface area contributed by atoms with Gasteiger partial charge in [0.2, 0.25) is 0 Å². The van der Waals surface area contributed by atoms with Crippen molar-refractivity contribution in [3.05, 3.63) is 152 Å². The zero-order chi connectivity index (χ0) is 35.1. The summed E-state index contributed by atoms with van der Waals surface area (Å²) in [6, 6.07) is 53.5. The molecule has 0 atom stereocenters. The van der Waals surface area contributed by atoms with E-state index >= 15 is 0 Å². The van der Waals surface area contributed by atoms with Crippen molar-refractivity contribution in [2.45, 2.75) is 0 Å². The number of para-hydroxylation sites is 2. The molecule has 4 aromatic heterocycles. The predicted octanol–water partition coefficient (Wildman–Crippen LogP) is 14.1. The van der Waals surface area contributed by atoms with Crippen LogP contribution in [0.4, 0.5) is 17.2 Å². The first-order valence-corrected chi connectivity index (χ1v) is 18.9. The van der Waals surface area contributed by atoms with Gasteiger partial charge in [0.25, 0.3) is 0 Å². The van der Waals surface area contributed by atoms with Gasteiger partial charge < -0.3 is 8.83 Å². The number of fused-ring (bicyclic) bond motifs is 14. The summed E-state index contributed by atoms with van der Waals surface area (Å²) >= 11 is 1.86. The highest BCUT2D eigenvalue weighted by Crippen LogP contribution is 2.56. The molecule has 12 aromatic rings. The molecule has 5 heterocycles. The maximum Gasteiger partial charge on any atom is 0.197 e. The van der Waals surface area contributed by atoms with Crippen molar-refractivity contribution in [3.8, 4) is 22.5 Å². The van der Waals surface area contributed by atoms with Crippen LogP contribution in [0, 0.1) is 0 Å². The quantitative estimate of drug-likeness (QED) is 0.179. The highest BCUT2D eigenvalue weighted by atomic mass is 32.1. The first-order chi connectivity index (χ1) is 26.8. The number of thiophene rings is 1. The topological polar surface area (TPSA) is 55.3 Å². The maximum atomic E-state index is 6.89. The zero-order valence-corrected chi connectivity index (χ0v) is 29.3. The molecule has 250 valence electrons. The Morgan fingerprint density at radius 1 is 0.481 bits per heavy atom. The van der Waals surface area contributed by atoms with Crippen molar-refractivity contribution >= 4 is 114 Å². The normalized spacial score (nSPS) is 12.8. The average Bonchev–Trinajstić information content (AvgIpc) is 3.91. The van der Waals surface area contributed by atoms with E-state index in [4.69, 9.17) is 18.8 Å². The Morgan fingerprint density at radius 2 is 1.24 bits per heavy atom. The van der Waals surface area contributed by atoms with Gasteiger partial charge in [-0.05, 0) is 70.8 Å². The van der Waals surface area contributed by atoms with Crippen molar-refractivity contribution in [1.29, 1.82) is 0 Å². The van der Waals surface area contributed by atoms with Crippen molar-refractivity contribution < 1.29 is 8.83 Å². The maximum absolute atomic E-state index is 6.89. The zero-order valence-electron chi connectivity index (χ0n) is 28.5. The molecule has 5 nitrogen and oxygen atoms in total. The lowest BCUT2D eigenvalue weighted by molar-refractivity contribution is 0.666. The minimum Gasteiger partial charge on any atom is -0.456 e. The minimum atomic E-state index is 0.620. The van der Waals surface area contributed by atoms with E-state index < -0.39 is 0 Å². The van der Waals surface area contributed by atoms with Gasteiger partial charge in [0.1, 0.15) is 22.3 Å². The van der Waals surface area contributed by atoms with Crippen molar-refractivity contribution in [2.75, 3.05) is 4.90 Å². The van der Waals surface area contributed by atoms with Gasteiger partial charge in [-0.1, -0.05) is 97.1 Å². The molecule has 0 saturated carbocycles. The summed E-state index contributed by atoms with van der Waals surface area (Å²) in [6.45, 7) is 0. The number of rotatable bonds is 2. The molecule has 0 fully saturated rings. The van der Waals surface area contributed by atoms with Gasteiger partial charge in [0, 0.05) is 53.0 Å². The molecule has 0 bridgehead atoms. The smallest absolute Gasteiger partial charge is 0.197 e. The Balaban J connectivity index is 1.17. The minimum absolute atomic E-state index is 0.620. The molecule has 0 aliphatic carbocycles. The van der Waals surface area contributed by atoms with Crippen molar-refractivity contribution in [2.24, 2.45) is 0 Å². The van der Waals surface area contributed by atoms with E-state index in [1.165, 1.54) is 36.5 Å². The number of aromatic nitrogens is 2. The van der Waals surface area contributed by atoms with Crippen LogP contribution < -0.4 is 4.90 Å². The molecule has 8 aromatic carbocycles. The van der Waals surface area contributed by atoms with Crippen LogP contribution in [0.2, 0.25) is 0 Å². The monoisotopic (exact) mass is 707 g/mol. The molecule has 13 rings (SSSR count). The van der Waals surface area contributed by atoms with Crippen molar-refractivity contribution in [1.82, 2.24) is 9.97 Å². The van der Waals surface area contributed by atoms with E-state index in [9.17, 15) is 0 Å². The lowest BCUT2D eigenvalue weighted by Crippen LogP contribution is -2.17. The molecule has 1 aliphatic rings. The summed E-state index contributed by atoms with van der Waals surface area (Å²) in [7, 11) is 0. The summed E-state index contributed by atoms with van der Waals surface area (Å²) in [4.78, 5) is 13.2. The van der Waals surface area contributed by atoms with E-state index in [-0.39, 0.29) is 0 Å². The highest BCUT2D eigenvalue weighted by Gasteiger charge is 2.32. The van der Waals surface area contributed by atoms with Crippen LogP contribution in [0.15, 0.2) is 160 Å². The lowest BCUT2D eigenvalue weighted by atomic mass is 9.88. The Hall–Kier alpha value is -7.02. The first kappa shape index (κ1) is 28.6. The third-order valence-electron chi connectivity index (χ3n) is 11.2. The summed E-state index contributed by atoms with van der Waals surface area (Å²) in [6.07, 6.45) is 0. The Kier molecular flexibility index (Phi) is 5.45. The lowest BCUT2D eigenvalue weighted by Gasteiger charge is -2.33. The fourth-order valence-electron chi connectivity index (χ4n) is 8.87. The van der Waals surface area contributed by atoms with Gasteiger partial charge in [0.05, 0.1) is 16.8 Å². The average molecular weight is 708 g/mol. The summed E-state index contributed by atoms with van der Waals surface area (Å²) < 4.78 is 15.7. The standard InChI is InChI=1S/C48H25N3O2S/c1-2-12-29-26(10-1)20-23-38-42(29)45-46(53-38)48(50-47(49-45)28-21-22-37-33(24-28)30-13-4-7-18-36(30)52-37)51-34-16-6-3-14-31(34)44-41-27(11-9-17-35(41)51)25-40-43(44)32-15-5-8-19-39(32)54-40/h1-25H. The SMILES string of the molecule is c1ccc2c(c1)-c1c3c(cccc3cc3sc4ccccc4c13)N2c1nc(-c2ccc3oc4ccccc4c3c2)nc2c1oc1ccc3ccccc3c12. The second-order valence-electron chi connectivity index (χ2n) is 14.1. The van der Waals surface area contributed by atoms with Gasteiger partial charge in [-0.25, -0.2) is 9.97 Å². The number of anilines is 3. The second kappa shape index (κ2) is 10.3. The van der Waals surface area contributed by atoms with Crippen LogP contribution in [0.25, 0.3) is 108 Å². The summed E-state index contributed by atoms with van der Waals surface area (Å²) in [5.41, 5.74) is 9.35. The van der Waals surface area contributed by atoms with Crippen LogP contribution >= 0.6 is 11.3 Å². The van der Waals surface area contributed by atoms with Crippen LogP contribution in [-0.4, -0.2) is 9.97 Å².